The van der Waals surface area contributed by atoms with Crippen molar-refractivity contribution in [3.63, 3.8) is 0 Å². The molecule has 2 N–H and O–H groups in total. The monoisotopic (exact) mass is 260 g/mol. The summed E-state index contributed by atoms with van der Waals surface area (Å²) in [6.45, 7) is 0. The number of rotatable bonds is 2. The van der Waals surface area contributed by atoms with Crippen molar-refractivity contribution in [3.05, 3.63) is 30.1 Å². The van der Waals surface area contributed by atoms with Gasteiger partial charge in [0.1, 0.15) is 0 Å². The van der Waals surface area contributed by atoms with Crippen molar-refractivity contribution in [1.29, 1.82) is 0 Å². The van der Waals surface area contributed by atoms with Crippen molar-refractivity contribution < 1.29 is 9.90 Å². The molecule has 100 valence electrons. The quantitative estimate of drug-likeness (QED) is 0.865. The number of aromatic nitrogens is 3. The van der Waals surface area contributed by atoms with Crippen LogP contribution < -0.4 is 5.32 Å². The van der Waals surface area contributed by atoms with Crippen LogP contribution in [0.15, 0.2) is 24.4 Å². The third-order valence-electron chi connectivity index (χ3n) is 3.74. The maximum Gasteiger partial charge on any atom is 0.404 e. The van der Waals surface area contributed by atoms with Crippen molar-refractivity contribution in [1.82, 2.24) is 20.1 Å². The minimum atomic E-state index is -0.946. The lowest BCUT2D eigenvalue weighted by molar-refractivity contribution is 0.184. The highest BCUT2D eigenvalue weighted by Gasteiger charge is 2.27. The second kappa shape index (κ2) is 4.87. The van der Waals surface area contributed by atoms with Crippen LogP contribution in [0.25, 0.3) is 5.52 Å². The number of hydrogen-bond acceptors (Lipinski definition) is 3. The molecule has 0 bridgehead atoms. The predicted octanol–water partition coefficient (Wildman–Crippen LogP) is 2.02. The van der Waals surface area contributed by atoms with Crippen molar-refractivity contribution in [2.24, 2.45) is 0 Å². The molecule has 2 heterocycles. The summed E-state index contributed by atoms with van der Waals surface area (Å²) < 4.78 is 1.77. The Labute approximate surface area is 110 Å². The van der Waals surface area contributed by atoms with Gasteiger partial charge in [0, 0.05) is 18.2 Å². The van der Waals surface area contributed by atoms with E-state index in [9.17, 15) is 4.79 Å². The van der Waals surface area contributed by atoms with Crippen LogP contribution in [0.3, 0.4) is 0 Å². The fourth-order valence-electron chi connectivity index (χ4n) is 2.90. The molecule has 19 heavy (non-hydrogen) atoms. The number of pyridine rings is 1. The smallest absolute Gasteiger partial charge is 0.404 e. The summed E-state index contributed by atoms with van der Waals surface area (Å²) in [6.07, 6.45) is 4.69. The van der Waals surface area contributed by atoms with Gasteiger partial charge in [-0.1, -0.05) is 17.7 Å². The van der Waals surface area contributed by atoms with Crippen molar-refractivity contribution in [3.8, 4) is 0 Å². The molecule has 1 aliphatic rings. The summed E-state index contributed by atoms with van der Waals surface area (Å²) in [5.74, 6) is 0.283. The van der Waals surface area contributed by atoms with Crippen molar-refractivity contribution in [2.75, 3.05) is 0 Å². The number of carboxylic acid groups (broad SMARTS) is 1. The van der Waals surface area contributed by atoms with Gasteiger partial charge in [-0.25, -0.2) is 9.31 Å². The van der Waals surface area contributed by atoms with Gasteiger partial charge in [-0.05, 0) is 31.4 Å². The van der Waals surface area contributed by atoms with Crippen LogP contribution in [0.5, 0.6) is 0 Å². The minimum Gasteiger partial charge on any atom is -0.465 e. The van der Waals surface area contributed by atoms with Crippen LogP contribution in [0.4, 0.5) is 4.79 Å². The summed E-state index contributed by atoms with van der Waals surface area (Å²) >= 11 is 0. The lowest BCUT2D eigenvalue weighted by atomic mass is 9.83. The number of nitrogens with one attached hydrogen (secondary N) is 1. The van der Waals surface area contributed by atoms with E-state index < -0.39 is 6.09 Å². The van der Waals surface area contributed by atoms with Crippen LogP contribution in [0.2, 0.25) is 0 Å². The van der Waals surface area contributed by atoms with E-state index in [0.717, 1.165) is 36.9 Å². The zero-order valence-corrected chi connectivity index (χ0v) is 10.5. The average molecular weight is 260 g/mol. The lowest BCUT2D eigenvalue weighted by Crippen LogP contribution is -2.37. The first-order valence-corrected chi connectivity index (χ1v) is 6.53. The molecule has 0 aliphatic heterocycles. The minimum absolute atomic E-state index is 0.0247. The Bertz CT molecular complexity index is 595. The van der Waals surface area contributed by atoms with E-state index in [1.54, 1.807) is 4.52 Å². The average Bonchev–Trinajstić information content (AvgIpc) is 2.82. The summed E-state index contributed by atoms with van der Waals surface area (Å²) in [5.41, 5.74) is 2.00. The van der Waals surface area contributed by atoms with Gasteiger partial charge in [-0.2, -0.15) is 0 Å². The fraction of sp³-hybridized carbons (Fsp3) is 0.462. The number of fused-ring (bicyclic) bond motifs is 1. The van der Waals surface area contributed by atoms with Gasteiger partial charge in [0.15, 0.2) is 0 Å². The van der Waals surface area contributed by atoms with Crippen LogP contribution >= 0.6 is 0 Å². The van der Waals surface area contributed by atoms with Gasteiger partial charge in [0.2, 0.25) is 0 Å². The number of nitrogens with zero attached hydrogens (tertiary/aromatic N) is 3. The number of carbonyl (C=O) groups is 1. The molecule has 0 aromatic carbocycles. The molecule has 6 heteroatoms. The Morgan fingerprint density at radius 2 is 2.32 bits per heavy atom. The molecule has 2 aromatic rings. The predicted molar refractivity (Wildman–Crippen MR) is 69.1 cm³/mol. The molecule has 2 atom stereocenters. The third kappa shape index (κ3) is 2.38. The Morgan fingerprint density at radius 1 is 1.42 bits per heavy atom. The highest BCUT2D eigenvalue weighted by atomic mass is 16.4. The Balaban J connectivity index is 1.83. The lowest BCUT2D eigenvalue weighted by Gasteiger charge is -2.27. The van der Waals surface area contributed by atoms with Gasteiger partial charge in [0.05, 0.1) is 11.2 Å². The normalized spacial score (nSPS) is 23.4. The van der Waals surface area contributed by atoms with Gasteiger partial charge >= 0.3 is 6.09 Å². The molecule has 1 amide bonds. The van der Waals surface area contributed by atoms with E-state index in [4.69, 9.17) is 5.11 Å². The largest absolute Gasteiger partial charge is 0.465 e. The standard InChI is InChI=1S/C13H16N4O2/c18-13(19)14-10-5-3-4-9(8-10)12-11-6-1-2-7-17(11)16-15-12/h1-2,6-7,9-10,14H,3-5,8H2,(H,18,19). The molecule has 6 nitrogen and oxygen atoms in total. The zero-order valence-electron chi connectivity index (χ0n) is 10.5. The highest BCUT2D eigenvalue weighted by Crippen LogP contribution is 2.33. The molecular weight excluding hydrogens is 244 g/mol. The molecule has 2 unspecified atom stereocenters. The zero-order chi connectivity index (χ0) is 13.2. The number of hydrogen-bond donors (Lipinski definition) is 2. The fourth-order valence-corrected chi connectivity index (χ4v) is 2.90. The summed E-state index contributed by atoms with van der Waals surface area (Å²) in [6, 6.07) is 5.92. The number of amides is 1. The highest BCUT2D eigenvalue weighted by molar-refractivity contribution is 5.64. The molecule has 2 aromatic heterocycles. The second-order valence-corrected chi connectivity index (χ2v) is 5.02. The topological polar surface area (TPSA) is 79.5 Å². The Hall–Kier alpha value is -2.11. The van der Waals surface area contributed by atoms with Crippen molar-refractivity contribution in [2.45, 2.75) is 37.6 Å². The van der Waals surface area contributed by atoms with Crippen molar-refractivity contribution >= 4 is 11.6 Å². The first-order chi connectivity index (χ1) is 9.24. The second-order valence-electron chi connectivity index (χ2n) is 5.02. The van der Waals surface area contributed by atoms with Gasteiger partial charge in [-0.3, -0.25) is 0 Å². The molecule has 3 rings (SSSR count). The van der Waals surface area contributed by atoms with Gasteiger partial charge < -0.3 is 10.4 Å². The maximum atomic E-state index is 10.7. The van der Waals surface area contributed by atoms with E-state index in [2.05, 4.69) is 15.6 Å². The molecule has 1 fully saturated rings. The third-order valence-corrected chi connectivity index (χ3v) is 3.74. The Morgan fingerprint density at radius 3 is 3.16 bits per heavy atom. The summed E-state index contributed by atoms with van der Waals surface area (Å²) in [4.78, 5) is 10.7. The molecule has 0 radical (unpaired) electrons. The van der Waals surface area contributed by atoms with E-state index >= 15 is 0 Å². The van der Waals surface area contributed by atoms with E-state index in [1.165, 1.54) is 0 Å². The maximum absolute atomic E-state index is 10.7. The van der Waals surface area contributed by atoms with Crippen LogP contribution in [-0.4, -0.2) is 32.1 Å². The molecule has 1 aliphatic carbocycles. The van der Waals surface area contributed by atoms with Crippen LogP contribution in [0, 0.1) is 0 Å². The summed E-state index contributed by atoms with van der Waals surface area (Å²) in [5, 5.41) is 19.8. The van der Waals surface area contributed by atoms with E-state index in [0.29, 0.717) is 0 Å². The first-order valence-electron chi connectivity index (χ1n) is 6.53. The van der Waals surface area contributed by atoms with Crippen LogP contribution in [-0.2, 0) is 0 Å². The van der Waals surface area contributed by atoms with Crippen LogP contribution in [0.1, 0.15) is 37.3 Å². The van der Waals surface area contributed by atoms with Gasteiger partial charge in [0.25, 0.3) is 0 Å². The summed E-state index contributed by atoms with van der Waals surface area (Å²) in [7, 11) is 0. The first kappa shape index (κ1) is 12.0. The van der Waals surface area contributed by atoms with Gasteiger partial charge in [-0.15, -0.1) is 5.10 Å². The SMILES string of the molecule is O=C(O)NC1CCCC(c2nnn3ccccc23)C1. The molecule has 0 saturated heterocycles. The molecule has 0 spiro atoms. The molecule has 1 saturated carbocycles. The Kier molecular flexibility index (Phi) is 3.06. The van der Waals surface area contributed by atoms with E-state index in [1.807, 2.05) is 24.4 Å². The molecular formula is C13H16N4O2. The van der Waals surface area contributed by atoms with E-state index in [-0.39, 0.29) is 12.0 Å².